The minimum Gasteiger partial charge on any atom is -0.481 e. The molecule has 1 rings (SSSR count). The highest BCUT2D eigenvalue weighted by molar-refractivity contribution is 7.89. The molecule has 7 nitrogen and oxygen atoms in total. The van der Waals surface area contributed by atoms with E-state index in [-0.39, 0.29) is 23.6 Å². The van der Waals surface area contributed by atoms with Gasteiger partial charge in [-0.3, -0.25) is 4.79 Å². The third-order valence-corrected chi connectivity index (χ3v) is 4.04. The van der Waals surface area contributed by atoms with E-state index in [4.69, 9.17) is 10.4 Å². The Kier molecular flexibility index (Phi) is 4.36. The van der Waals surface area contributed by atoms with Gasteiger partial charge in [0.1, 0.15) is 16.7 Å². The van der Waals surface area contributed by atoms with Gasteiger partial charge < -0.3 is 5.11 Å². The van der Waals surface area contributed by atoms with E-state index in [0.717, 1.165) is 10.5 Å². The number of carboxylic acid groups (broad SMARTS) is 1. The van der Waals surface area contributed by atoms with Crippen LogP contribution in [-0.2, 0) is 14.8 Å². The maximum Gasteiger partial charge on any atom is 0.304 e. The molecule has 1 heterocycles. The summed E-state index contributed by atoms with van der Waals surface area (Å²) in [5.41, 5.74) is 0.113. The molecule has 0 fully saturated rings. The molecule has 0 aliphatic carbocycles. The van der Waals surface area contributed by atoms with Gasteiger partial charge in [0, 0.05) is 19.8 Å². The number of hydrogen-bond acceptors (Lipinski definition) is 5. The zero-order valence-corrected chi connectivity index (χ0v) is 10.4. The molecule has 8 heteroatoms. The minimum atomic E-state index is -3.76. The Balaban J connectivity index is 2.91. The van der Waals surface area contributed by atoms with Crippen LogP contribution >= 0.6 is 0 Å². The fourth-order valence-corrected chi connectivity index (χ4v) is 2.27. The molecule has 0 aliphatic rings. The van der Waals surface area contributed by atoms with Crippen molar-refractivity contribution in [2.24, 2.45) is 0 Å². The number of hydrogen-bond donors (Lipinski definition) is 1. The summed E-state index contributed by atoms with van der Waals surface area (Å²) < 4.78 is 24.8. The first kappa shape index (κ1) is 14.1. The molecule has 18 heavy (non-hydrogen) atoms. The lowest BCUT2D eigenvalue weighted by Gasteiger charge is -2.15. The lowest BCUT2D eigenvalue weighted by atomic mass is 10.4. The van der Waals surface area contributed by atoms with Crippen molar-refractivity contribution in [3.63, 3.8) is 0 Å². The largest absolute Gasteiger partial charge is 0.481 e. The number of pyridine rings is 1. The third-order valence-electron chi connectivity index (χ3n) is 2.20. The summed E-state index contributed by atoms with van der Waals surface area (Å²) in [7, 11) is -2.47. The average Bonchev–Trinajstić information content (AvgIpc) is 2.35. The molecule has 0 spiro atoms. The van der Waals surface area contributed by atoms with Crippen LogP contribution in [0.25, 0.3) is 0 Å². The number of sulfonamides is 1. The van der Waals surface area contributed by atoms with Crippen LogP contribution in [0.1, 0.15) is 12.1 Å². The van der Waals surface area contributed by atoms with Crippen molar-refractivity contribution >= 4 is 16.0 Å². The number of aliphatic carboxylic acids is 1. The van der Waals surface area contributed by atoms with Gasteiger partial charge >= 0.3 is 5.97 Å². The molecule has 0 saturated carbocycles. The molecule has 0 atom stereocenters. The van der Waals surface area contributed by atoms with Gasteiger partial charge in [-0.2, -0.15) is 5.26 Å². The molecule has 1 aromatic heterocycles. The predicted octanol–water partition coefficient (Wildman–Crippen LogP) is 0.0485. The second-order valence-corrected chi connectivity index (χ2v) is 5.51. The SMILES string of the molecule is CN(CCC(=O)O)S(=O)(=O)c1ccc(C#N)nc1. The fourth-order valence-electron chi connectivity index (χ4n) is 1.15. The molecule has 0 unspecified atom stereocenters. The monoisotopic (exact) mass is 269 g/mol. The summed E-state index contributed by atoms with van der Waals surface area (Å²) in [6.07, 6.45) is 0.796. The lowest BCUT2D eigenvalue weighted by Crippen LogP contribution is -2.29. The number of aromatic nitrogens is 1. The third kappa shape index (κ3) is 3.26. The van der Waals surface area contributed by atoms with Crippen molar-refractivity contribution in [1.82, 2.24) is 9.29 Å². The molecule has 0 aliphatic heterocycles. The van der Waals surface area contributed by atoms with Gasteiger partial charge in [-0.1, -0.05) is 0 Å². The van der Waals surface area contributed by atoms with Gasteiger partial charge in [-0.05, 0) is 12.1 Å². The summed E-state index contributed by atoms with van der Waals surface area (Å²) in [5, 5.41) is 17.0. The zero-order valence-electron chi connectivity index (χ0n) is 9.57. The number of nitriles is 1. The molecule has 1 aromatic rings. The van der Waals surface area contributed by atoms with Crippen LogP contribution in [0.3, 0.4) is 0 Å². The highest BCUT2D eigenvalue weighted by atomic mass is 32.2. The Morgan fingerprint density at radius 3 is 2.67 bits per heavy atom. The molecule has 0 radical (unpaired) electrons. The van der Waals surface area contributed by atoms with Gasteiger partial charge in [0.2, 0.25) is 10.0 Å². The van der Waals surface area contributed by atoms with Crippen molar-refractivity contribution in [3.05, 3.63) is 24.0 Å². The summed E-state index contributed by atoms with van der Waals surface area (Å²) in [5.74, 6) is -1.07. The minimum absolute atomic E-state index is 0.0746. The molecule has 96 valence electrons. The Morgan fingerprint density at radius 2 is 2.22 bits per heavy atom. The molecule has 1 N–H and O–H groups in total. The average molecular weight is 269 g/mol. The van der Waals surface area contributed by atoms with E-state index in [2.05, 4.69) is 4.98 Å². The summed E-state index contributed by atoms with van der Waals surface area (Å²) in [6.45, 7) is -0.127. The van der Waals surface area contributed by atoms with Crippen molar-refractivity contribution in [3.8, 4) is 6.07 Å². The van der Waals surface area contributed by atoms with E-state index >= 15 is 0 Å². The normalized spacial score (nSPS) is 11.2. The smallest absolute Gasteiger partial charge is 0.304 e. The standard InChI is InChI=1S/C10H11N3O4S/c1-13(5-4-10(14)15)18(16,17)9-3-2-8(6-11)12-7-9/h2-3,7H,4-5H2,1H3,(H,14,15). The van der Waals surface area contributed by atoms with Crippen LogP contribution in [0.5, 0.6) is 0 Å². The summed E-state index contributed by atoms with van der Waals surface area (Å²) >= 11 is 0. The van der Waals surface area contributed by atoms with E-state index in [1.165, 1.54) is 19.2 Å². The van der Waals surface area contributed by atoms with Crippen LogP contribution in [-0.4, -0.2) is 42.4 Å². The molecule has 0 saturated heterocycles. The Labute approximate surface area is 104 Å². The van der Waals surface area contributed by atoms with E-state index in [1.807, 2.05) is 0 Å². The maximum absolute atomic E-state index is 12.0. The van der Waals surface area contributed by atoms with Crippen LogP contribution < -0.4 is 0 Å². The second-order valence-electron chi connectivity index (χ2n) is 3.46. The van der Waals surface area contributed by atoms with Gasteiger partial charge in [0.15, 0.2) is 0 Å². The highest BCUT2D eigenvalue weighted by Crippen LogP contribution is 2.13. The quantitative estimate of drug-likeness (QED) is 0.808. The molecule has 0 bridgehead atoms. The molecule has 0 amide bonds. The summed E-state index contributed by atoms with van der Waals surface area (Å²) in [6, 6.07) is 4.33. The van der Waals surface area contributed by atoms with E-state index in [0.29, 0.717) is 0 Å². The Hall–Kier alpha value is -1.98. The maximum atomic E-state index is 12.0. The molecule has 0 aromatic carbocycles. The van der Waals surface area contributed by atoms with E-state index < -0.39 is 16.0 Å². The number of carboxylic acids is 1. The van der Waals surface area contributed by atoms with Gasteiger partial charge in [-0.25, -0.2) is 17.7 Å². The highest BCUT2D eigenvalue weighted by Gasteiger charge is 2.21. The lowest BCUT2D eigenvalue weighted by molar-refractivity contribution is -0.137. The zero-order chi connectivity index (χ0) is 13.8. The second kappa shape index (κ2) is 5.57. The van der Waals surface area contributed by atoms with Crippen LogP contribution in [0.15, 0.2) is 23.2 Å². The Bertz CT molecular complexity index is 574. The van der Waals surface area contributed by atoms with E-state index in [9.17, 15) is 13.2 Å². The molecular formula is C10H11N3O4S. The first-order valence-electron chi connectivity index (χ1n) is 4.92. The topological polar surface area (TPSA) is 111 Å². The Morgan fingerprint density at radius 1 is 1.56 bits per heavy atom. The van der Waals surface area contributed by atoms with Crippen molar-refractivity contribution in [2.45, 2.75) is 11.3 Å². The first-order valence-corrected chi connectivity index (χ1v) is 6.36. The van der Waals surface area contributed by atoms with Crippen molar-refractivity contribution in [2.75, 3.05) is 13.6 Å². The predicted molar refractivity (Wildman–Crippen MR) is 61.0 cm³/mol. The number of nitrogens with zero attached hydrogens (tertiary/aromatic N) is 3. The molecular weight excluding hydrogens is 258 g/mol. The number of rotatable bonds is 5. The van der Waals surface area contributed by atoms with Crippen LogP contribution in [0.2, 0.25) is 0 Å². The van der Waals surface area contributed by atoms with E-state index in [1.54, 1.807) is 6.07 Å². The van der Waals surface area contributed by atoms with Crippen molar-refractivity contribution in [1.29, 1.82) is 5.26 Å². The van der Waals surface area contributed by atoms with Gasteiger partial charge in [0.25, 0.3) is 0 Å². The van der Waals surface area contributed by atoms with Crippen LogP contribution in [0, 0.1) is 11.3 Å². The van der Waals surface area contributed by atoms with Crippen LogP contribution in [0.4, 0.5) is 0 Å². The fraction of sp³-hybridized carbons (Fsp3) is 0.300. The van der Waals surface area contributed by atoms with Gasteiger partial charge in [0.05, 0.1) is 6.42 Å². The number of carbonyl (C=O) groups is 1. The summed E-state index contributed by atoms with van der Waals surface area (Å²) in [4.78, 5) is 14.0. The van der Waals surface area contributed by atoms with Crippen molar-refractivity contribution < 1.29 is 18.3 Å². The van der Waals surface area contributed by atoms with Gasteiger partial charge in [-0.15, -0.1) is 0 Å². The first-order chi connectivity index (χ1) is 8.37.